The van der Waals surface area contributed by atoms with Crippen LogP contribution >= 0.6 is 0 Å². The first-order valence-corrected chi connectivity index (χ1v) is 8.47. The van der Waals surface area contributed by atoms with E-state index in [9.17, 15) is 30.6 Å². The summed E-state index contributed by atoms with van der Waals surface area (Å²) in [6.07, 6.45) is 0. The molecular weight excluding hydrogens is 380 g/mol. The molecule has 0 fully saturated rings. The van der Waals surface area contributed by atoms with Crippen molar-refractivity contribution in [3.05, 3.63) is 59.2 Å². The molecule has 3 aromatic rings. The van der Waals surface area contributed by atoms with Crippen molar-refractivity contribution < 1.29 is 40.1 Å². The number of ether oxygens (including phenoxy) is 2. The number of hydrogen-bond acceptors (Lipinski definition) is 8. The molecule has 3 aromatic carbocycles. The first kappa shape index (κ1) is 19.8. The number of rotatable bonds is 5. The Morgan fingerprint density at radius 3 is 1.21 bits per heavy atom. The molecule has 0 aliphatic heterocycles. The van der Waals surface area contributed by atoms with E-state index in [0.717, 1.165) is 24.3 Å². The molecule has 0 amide bonds. The average molecular weight is 400 g/mol. The van der Waals surface area contributed by atoms with E-state index < -0.39 is 28.9 Å². The van der Waals surface area contributed by atoms with Gasteiger partial charge in [-0.15, -0.1) is 0 Å². The van der Waals surface area contributed by atoms with E-state index >= 15 is 0 Å². The zero-order valence-electron chi connectivity index (χ0n) is 15.6. The van der Waals surface area contributed by atoms with Gasteiger partial charge in [-0.25, -0.2) is 0 Å². The molecule has 152 valence electrons. The molecule has 0 unspecified atom stereocenters. The first-order chi connectivity index (χ1) is 13.7. The Labute approximate surface area is 166 Å². The summed E-state index contributed by atoms with van der Waals surface area (Å²) in [5, 5.41) is 61.2. The summed E-state index contributed by atoms with van der Waals surface area (Å²) in [7, 11) is 2.89. The Morgan fingerprint density at radius 2 is 0.897 bits per heavy atom. The van der Waals surface area contributed by atoms with Crippen molar-refractivity contribution in [2.24, 2.45) is 0 Å². The minimum Gasteiger partial charge on any atom is -0.508 e. The lowest BCUT2D eigenvalue weighted by molar-refractivity contribution is 0.391. The average Bonchev–Trinajstić information content (AvgIpc) is 2.64. The third kappa shape index (κ3) is 3.73. The van der Waals surface area contributed by atoms with Crippen LogP contribution in [0.3, 0.4) is 0 Å². The molecule has 3 rings (SSSR count). The molecule has 0 saturated carbocycles. The third-order valence-electron chi connectivity index (χ3n) is 4.53. The summed E-state index contributed by atoms with van der Waals surface area (Å²) in [5.41, 5.74) is 0.206. The van der Waals surface area contributed by atoms with Gasteiger partial charge >= 0.3 is 0 Å². The molecule has 8 nitrogen and oxygen atoms in total. The molecule has 0 radical (unpaired) electrons. The molecule has 0 spiro atoms. The molecule has 0 saturated heterocycles. The van der Waals surface area contributed by atoms with Gasteiger partial charge in [-0.2, -0.15) is 0 Å². The summed E-state index contributed by atoms with van der Waals surface area (Å²) in [6.45, 7) is 0. The van der Waals surface area contributed by atoms with E-state index in [1.807, 2.05) is 0 Å². The van der Waals surface area contributed by atoms with E-state index in [0.29, 0.717) is 17.1 Å². The maximum Gasteiger partial charge on any atom is 0.127 e. The fourth-order valence-electron chi connectivity index (χ4n) is 3.28. The number of phenolic OH excluding ortho intramolecular Hbond substituents is 6. The van der Waals surface area contributed by atoms with E-state index in [-0.39, 0.29) is 22.6 Å². The molecule has 0 aromatic heterocycles. The molecule has 6 N–H and O–H groups in total. The Balaban J connectivity index is 2.39. The summed E-state index contributed by atoms with van der Waals surface area (Å²) < 4.78 is 10.5. The van der Waals surface area contributed by atoms with Crippen molar-refractivity contribution in [2.75, 3.05) is 14.2 Å². The van der Waals surface area contributed by atoms with Crippen LogP contribution in [-0.2, 0) is 0 Å². The van der Waals surface area contributed by atoms with Crippen LogP contribution < -0.4 is 9.47 Å². The van der Waals surface area contributed by atoms with Crippen LogP contribution in [0.2, 0.25) is 0 Å². The Bertz CT molecular complexity index is 935. The molecule has 0 bridgehead atoms. The molecule has 0 heterocycles. The fraction of sp³-hybridized carbons (Fsp3) is 0.143. The van der Waals surface area contributed by atoms with Gasteiger partial charge in [0, 0.05) is 47.4 Å². The van der Waals surface area contributed by atoms with E-state index in [4.69, 9.17) is 9.47 Å². The first-order valence-electron chi connectivity index (χ1n) is 8.47. The normalized spacial score (nSPS) is 10.9. The quantitative estimate of drug-likeness (QED) is 0.359. The molecule has 0 aliphatic rings. The van der Waals surface area contributed by atoms with Crippen molar-refractivity contribution in [3.63, 3.8) is 0 Å². The van der Waals surface area contributed by atoms with E-state index in [2.05, 4.69) is 0 Å². The fourth-order valence-corrected chi connectivity index (χ4v) is 3.28. The number of methoxy groups -OCH3 is 2. The van der Waals surface area contributed by atoms with Crippen molar-refractivity contribution in [1.29, 1.82) is 0 Å². The smallest absolute Gasteiger partial charge is 0.127 e. The van der Waals surface area contributed by atoms with Gasteiger partial charge in [0.25, 0.3) is 0 Å². The van der Waals surface area contributed by atoms with Crippen molar-refractivity contribution >= 4 is 0 Å². The second-order valence-corrected chi connectivity index (χ2v) is 6.37. The van der Waals surface area contributed by atoms with Gasteiger partial charge in [-0.3, -0.25) is 0 Å². The number of phenols is 6. The predicted molar refractivity (Wildman–Crippen MR) is 103 cm³/mol. The highest BCUT2D eigenvalue weighted by molar-refractivity contribution is 5.64. The van der Waals surface area contributed by atoms with E-state index in [1.165, 1.54) is 14.2 Å². The minimum absolute atomic E-state index is 0.0885. The maximum absolute atomic E-state index is 10.5. The number of benzene rings is 3. The lowest BCUT2D eigenvalue weighted by atomic mass is 9.82. The molecule has 29 heavy (non-hydrogen) atoms. The van der Waals surface area contributed by atoms with Crippen LogP contribution in [0, 0.1) is 0 Å². The van der Waals surface area contributed by atoms with Crippen LogP contribution in [0.4, 0.5) is 0 Å². The van der Waals surface area contributed by atoms with Gasteiger partial charge in [-0.05, 0) is 17.7 Å². The summed E-state index contributed by atoms with van der Waals surface area (Å²) in [4.78, 5) is 0. The van der Waals surface area contributed by atoms with Gasteiger partial charge < -0.3 is 40.1 Å². The lowest BCUT2D eigenvalue weighted by Crippen LogP contribution is -2.06. The summed E-state index contributed by atoms with van der Waals surface area (Å²) in [6, 6.07) is 8.84. The number of hydrogen-bond donors (Lipinski definition) is 6. The van der Waals surface area contributed by atoms with E-state index in [1.54, 1.807) is 18.2 Å². The number of aromatic hydroxyl groups is 6. The monoisotopic (exact) mass is 400 g/mol. The van der Waals surface area contributed by atoms with Gasteiger partial charge in [0.1, 0.15) is 46.0 Å². The SMILES string of the molecule is COc1cc(OC)cc(C(c2c(O)cc(O)cc2O)c2c(O)cc(O)cc2O)c1. The molecule has 8 heteroatoms. The van der Waals surface area contributed by atoms with Crippen LogP contribution in [0.5, 0.6) is 46.0 Å². The Morgan fingerprint density at radius 1 is 0.552 bits per heavy atom. The largest absolute Gasteiger partial charge is 0.508 e. The van der Waals surface area contributed by atoms with Gasteiger partial charge in [0.15, 0.2) is 0 Å². The van der Waals surface area contributed by atoms with Gasteiger partial charge in [0.2, 0.25) is 0 Å². The minimum atomic E-state index is -1.11. The van der Waals surface area contributed by atoms with Crippen molar-refractivity contribution in [3.8, 4) is 46.0 Å². The third-order valence-corrected chi connectivity index (χ3v) is 4.53. The topological polar surface area (TPSA) is 140 Å². The van der Waals surface area contributed by atoms with Crippen LogP contribution in [0.1, 0.15) is 22.6 Å². The second kappa shape index (κ2) is 7.59. The van der Waals surface area contributed by atoms with Gasteiger partial charge in [-0.1, -0.05) is 0 Å². The van der Waals surface area contributed by atoms with Crippen molar-refractivity contribution in [2.45, 2.75) is 5.92 Å². The van der Waals surface area contributed by atoms with Crippen LogP contribution in [0.15, 0.2) is 42.5 Å². The van der Waals surface area contributed by atoms with Gasteiger partial charge in [0.05, 0.1) is 14.2 Å². The highest BCUT2D eigenvalue weighted by atomic mass is 16.5. The zero-order chi connectivity index (χ0) is 21.3. The standard InChI is InChI=1S/C21H20O8/c1-28-13-3-10(4-14(9-13)29-2)19(20-15(24)5-11(22)6-16(20)25)21-17(26)7-12(23)8-18(21)27/h3-9,19,22-27H,1-2H3. The van der Waals surface area contributed by atoms with Crippen molar-refractivity contribution in [1.82, 2.24) is 0 Å². The zero-order valence-corrected chi connectivity index (χ0v) is 15.6. The maximum atomic E-state index is 10.5. The summed E-state index contributed by atoms with van der Waals surface area (Å²) in [5.74, 6) is -2.96. The van der Waals surface area contributed by atoms with Crippen LogP contribution in [-0.4, -0.2) is 44.9 Å². The molecular formula is C21H20O8. The Kier molecular flexibility index (Phi) is 5.18. The highest BCUT2D eigenvalue weighted by Gasteiger charge is 2.30. The highest BCUT2D eigenvalue weighted by Crippen LogP contribution is 2.50. The molecule has 0 aliphatic carbocycles. The molecule has 0 atom stereocenters. The predicted octanol–water partition coefficient (Wildman–Crippen LogP) is 3.12. The second-order valence-electron chi connectivity index (χ2n) is 6.37. The summed E-state index contributed by atoms with van der Waals surface area (Å²) >= 11 is 0. The Hall–Kier alpha value is -3.94. The lowest BCUT2D eigenvalue weighted by Gasteiger charge is -2.24. The van der Waals surface area contributed by atoms with Crippen LogP contribution in [0.25, 0.3) is 0 Å².